The van der Waals surface area contributed by atoms with Crippen LogP contribution in [0.4, 0.5) is 0 Å². The molecule has 0 aromatic rings. The van der Waals surface area contributed by atoms with E-state index in [0.717, 1.165) is 32.4 Å². The summed E-state index contributed by atoms with van der Waals surface area (Å²) in [5.74, 6) is 0.702. The van der Waals surface area contributed by atoms with Gasteiger partial charge in [-0.25, -0.2) is 0 Å². The van der Waals surface area contributed by atoms with Crippen molar-refractivity contribution in [2.75, 3.05) is 19.7 Å². The standard InChI is InChI=1S/C12H28N2O/c1-3-11(4-2)12(10-13)14-8-6-5-7-9-15/h11-12,14-15H,3-10,13H2,1-2H3. The molecule has 0 spiro atoms. The summed E-state index contributed by atoms with van der Waals surface area (Å²) in [5, 5.41) is 12.2. The second kappa shape index (κ2) is 10.4. The maximum absolute atomic E-state index is 8.64. The lowest BCUT2D eigenvalue weighted by molar-refractivity contribution is 0.280. The van der Waals surface area contributed by atoms with Crippen LogP contribution in [0.1, 0.15) is 46.0 Å². The smallest absolute Gasteiger partial charge is 0.0431 e. The van der Waals surface area contributed by atoms with Crippen LogP contribution in [-0.2, 0) is 0 Å². The summed E-state index contributed by atoms with van der Waals surface area (Å²) in [6.07, 6.45) is 5.55. The molecule has 0 saturated heterocycles. The Hall–Kier alpha value is -0.120. The van der Waals surface area contributed by atoms with Crippen LogP contribution in [0.2, 0.25) is 0 Å². The molecule has 3 nitrogen and oxygen atoms in total. The van der Waals surface area contributed by atoms with Crippen molar-refractivity contribution in [2.24, 2.45) is 11.7 Å². The van der Waals surface area contributed by atoms with Crippen LogP contribution < -0.4 is 11.1 Å². The average molecular weight is 216 g/mol. The molecule has 3 heteroatoms. The van der Waals surface area contributed by atoms with Gasteiger partial charge in [-0.15, -0.1) is 0 Å². The second-order valence-electron chi connectivity index (χ2n) is 4.16. The molecule has 0 bridgehead atoms. The fourth-order valence-corrected chi connectivity index (χ4v) is 2.00. The zero-order valence-electron chi connectivity index (χ0n) is 10.3. The second-order valence-corrected chi connectivity index (χ2v) is 4.16. The van der Waals surface area contributed by atoms with Crippen molar-refractivity contribution in [1.82, 2.24) is 5.32 Å². The molecule has 4 N–H and O–H groups in total. The average Bonchev–Trinajstić information content (AvgIpc) is 2.27. The highest BCUT2D eigenvalue weighted by Gasteiger charge is 2.15. The van der Waals surface area contributed by atoms with E-state index in [1.807, 2.05) is 0 Å². The first kappa shape index (κ1) is 14.9. The summed E-state index contributed by atoms with van der Waals surface area (Å²) in [4.78, 5) is 0. The Labute approximate surface area is 94.4 Å². The SMILES string of the molecule is CCC(CC)C(CN)NCCCCCO. The van der Waals surface area contributed by atoms with Crippen LogP contribution in [0, 0.1) is 5.92 Å². The third-order valence-electron chi connectivity index (χ3n) is 3.11. The molecule has 0 aliphatic carbocycles. The predicted octanol–water partition coefficient (Wildman–Crippen LogP) is 1.50. The van der Waals surface area contributed by atoms with Crippen LogP contribution >= 0.6 is 0 Å². The lowest BCUT2D eigenvalue weighted by Gasteiger charge is -2.25. The first-order valence-electron chi connectivity index (χ1n) is 6.34. The molecule has 0 fully saturated rings. The van der Waals surface area contributed by atoms with Gasteiger partial charge in [0, 0.05) is 19.2 Å². The number of nitrogens with two attached hydrogens (primary N) is 1. The van der Waals surface area contributed by atoms with Crippen molar-refractivity contribution in [3.63, 3.8) is 0 Å². The van der Waals surface area contributed by atoms with Gasteiger partial charge in [0.15, 0.2) is 0 Å². The van der Waals surface area contributed by atoms with Crippen molar-refractivity contribution in [1.29, 1.82) is 0 Å². The molecule has 0 amide bonds. The number of hydrogen-bond acceptors (Lipinski definition) is 3. The Morgan fingerprint density at radius 3 is 2.27 bits per heavy atom. The summed E-state index contributed by atoms with van der Waals surface area (Å²) in [6, 6.07) is 0.467. The quantitative estimate of drug-likeness (QED) is 0.485. The van der Waals surface area contributed by atoms with Crippen molar-refractivity contribution in [3.05, 3.63) is 0 Å². The third-order valence-corrected chi connectivity index (χ3v) is 3.11. The first-order valence-corrected chi connectivity index (χ1v) is 6.34. The van der Waals surface area contributed by atoms with Gasteiger partial charge >= 0.3 is 0 Å². The summed E-state index contributed by atoms with van der Waals surface area (Å²) >= 11 is 0. The fourth-order valence-electron chi connectivity index (χ4n) is 2.00. The van der Waals surface area contributed by atoms with E-state index in [1.54, 1.807) is 0 Å². The minimum atomic E-state index is 0.312. The van der Waals surface area contributed by atoms with Gasteiger partial charge in [-0.05, 0) is 31.7 Å². The lowest BCUT2D eigenvalue weighted by atomic mass is 9.94. The number of aliphatic hydroxyl groups excluding tert-OH is 1. The van der Waals surface area contributed by atoms with Gasteiger partial charge in [-0.3, -0.25) is 0 Å². The first-order chi connectivity index (χ1) is 7.29. The molecule has 15 heavy (non-hydrogen) atoms. The molecule has 0 aromatic heterocycles. The molecule has 0 aliphatic rings. The molecule has 0 aliphatic heterocycles. The zero-order valence-corrected chi connectivity index (χ0v) is 10.3. The van der Waals surface area contributed by atoms with Crippen LogP contribution in [-0.4, -0.2) is 30.8 Å². The lowest BCUT2D eigenvalue weighted by Crippen LogP contribution is -2.42. The molecular formula is C12H28N2O. The Kier molecular flexibility index (Phi) is 10.3. The van der Waals surface area contributed by atoms with Crippen molar-refractivity contribution < 1.29 is 5.11 Å². The molecule has 1 unspecified atom stereocenters. The monoisotopic (exact) mass is 216 g/mol. The Balaban J connectivity index is 3.60. The van der Waals surface area contributed by atoms with E-state index in [9.17, 15) is 0 Å². The van der Waals surface area contributed by atoms with E-state index in [0.29, 0.717) is 18.6 Å². The van der Waals surface area contributed by atoms with Gasteiger partial charge in [0.05, 0.1) is 0 Å². The molecular weight excluding hydrogens is 188 g/mol. The highest BCUT2D eigenvalue weighted by atomic mass is 16.2. The molecule has 0 saturated carbocycles. The van der Waals surface area contributed by atoms with Crippen LogP contribution in [0.3, 0.4) is 0 Å². The maximum Gasteiger partial charge on any atom is 0.0431 e. The van der Waals surface area contributed by atoms with Crippen LogP contribution in [0.15, 0.2) is 0 Å². The molecule has 0 heterocycles. The number of unbranched alkanes of at least 4 members (excludes halogenated alkanes) is 2. The fraction of sp³-hybridized carbons (Fsp3) is 1.00. The number of rotatable bonds is 10. The molecule has 1 atom stereocenters. The van der Waals surface area contributed by atoms with E-state index in [4.69, 9.17) is 10.8 Å². The molecule has 0 radical (unpaired) electrons. The van der Waals surface area contributed by atoms with Crippen molar-refractivity contribution in [2.45, 2.75) is 52.0 Å². The molecule has 0 rings (SSSR count). The highest BCUT2D eigenvalue weighted by Crippen LogP contribution is 2.12. The van der Waals surface area contributed by atoms with Gasteiger partial charge in [0.1, 0.15) is 0 Å². The highest BCUT2D eigenvalue weighted by molar-refractivity contribution is 4.75. The Morgan fingerprint density at radius 1 is 1.13 bits per heavy atom. The number of aliphatic hydroxyl groups is 1. The van der Waals surface area contributed by atoms with E-state index in [2.05, 4.69) is 19.2 Å². The summed E-state index contributed by atoms with van der Waals surface area (Å²) in [5.41, 5.74) is 5.76. The summed E-state index contributed by atoms with van der Waals surface area (Å²) in [6.45, 7) is 6.52. The van der Waals surface area contributed by atoms with Gasteiger partial charge in [-0.1, -0.05) is 26.7 Å². The minimum absolute atomic E-state index is 0.312. The van der Waals surface area contributed by atoms with Crippen molar-refractivity contribution in [3.8, 4) is 0 Å². The minimum Gasteiger partial charge on any atom is -0.396 e. The Bertz CT molecular complexity index is 127. The van der Waals surface area contributed by atoms with Crippen molar-refractivity contribution >= 4 is 0 Å². The van der Waals surface area contributed by atoms with E-state index >= 15 is 0 Å². The normalized spacial score (nSPS) is 13.4. The van der Waals surface area contributed by atoms with Gasteiger partial charge in [0.25, 0.3) is 0 Å². The van der Waals surface area contributed by atoms with Crippen LogP contribution in [0.5, 0.6) is 0 Å². The summed E-state index contributed by atoms with van der Waals surface area (Å²) in [7, 11) is 0. The largest absolute Gasteiger partial charge is 0.396 e. The van der Waals surface area contributed by atoms with Gasteiger partial charge < -0.3 is 16.2 Å². The van der Waals surface area contributed by atoms with Gasteiger partial charge in [0.2, 0.25) is 0 Å². The molecule has 92 valence electrons. The summed E-state index contributed by atoms with van der Waals surface area (Å²) < 4.78 is 0. The van der Waals surface area contributed by atoms with E-state index < -0.39 is 0 Å². The number of hydrogen-bond donors (Lipinski definition) is 3. The zero-order chi connectivity index (χ0) is 11.5. The maximum atomic E-state index is 8.64. The Morgan fingerprint density at radius 2 is 1.80 bits per heavy atom. The van der Waals surface area contributed by atoms with Gasteiger partial charge in [-0.2, -0.15) is 0 Å². The number of nitrogens with one attached hydrogen (secondary N) is 1. The van der Waals surface area contributed by atoms with E-state index in [1.165, 1.54) is 12.8 Å². The third kappa shape index (κ3) is 6.88. The van der Waals surface area contributed by atoms with E-state index in [-0.39, 0.29) is 0 Å². The van der Waals surface area contributed by atoms with Crippen LogP contribution in [0.25, 0.3) is 0 Å². The molecule has 0 aromatic carbocycles. The predicted molar refractivity (Wildman–Crippen MR) is 65.9 cm³/mol. The topological polar surface area (TPSA) is 58.3 Å².